The zero-order valence-electron chi connectivity index (χ0n) is 15.6. The summed E-state index contributed by atoms with van der Waals surface area (Å²) in [6.07, 6.45) is 7.85. The fraction of sp³-hybridized carbons (Fsp3) is 0.263. The first-order valence-corrected chi connectivity index (χ1v) is 8.60. The van der Waals surface area contributed by atoms with Gasteiger partial charge in [-0.2, -0.15) is 13.9 Å². The number of aryl methyl sites for hydroxylation is 1. The van der Waals surface area contributed by atoms with E-state index in [2.05, 4.69) is 20.1 Å². The van der Waals surface area contributed by atoms with Crippen LogP contribution in [-0.4, -0.2) is 36.4 Å². The van der Waals surface area contributed by atoms with Crippen molar-refractivity contribution in [3.05, 3.63) is 54.0 Å². The Morgan fingerprint density at radius 1 is 1.11 bits per heavy atom. The maximum Gasteiger partial charge on any atom is 0.333 e. The third kappa shape index (κ3) is 3.08. The van der Waals surface area contributed by atoms with Gasteiger partial charge in [0.1, 0.15) is 6.33 Å². The highest BCUT2D eigenvalue weighted by molar-refractivity contribution is 5.93. The van der Waals surface area contributed by atoms with E-state index in [-0.39, 0.29) is 0 Å². The van der Waals surface area contributed by atoms with E-state index in [1.807, 2.05) is 30.7 Å². The standard InChI is InChI=1S/C19H18F2N6O/c1-11-4-16-17(22-5-11)14(13-6-25-27(7-13)19(20)21)8-26(16)9-15-12(2)18(28-3)24-10-23-15/h4-8,10,19H,9H2,1-3H3. The van der Waals surface area contributed by atoms with Gasteiger partial charge in [0, 0.05) is 35.3 Å². The first kappa shape index (κ1) is 18.0. The molecule has 0 amide bonds. The summed E-state index contributed by atoms with van der Waals surface area (Å²) >= 11 is 0. The molecule has 144 valence electrons. The Balaban J connectivity index is 1.84. The number of rotatable bonds is 5. The Hall–Kier alpha value is -3.36. The minimum atomic E-state index is -2.69. The lowest BCUT2D eigenvalue weighted by Crippen LogP contribution is -2.05. The minimum absolute atomic E-state index is 0.468. The van der Waals surface area contributed by atoms with Crippen LogP contribution in [-0.2, 0) is 6.54 Å². The van der Waals surface area contributed by atoms with Crippen molar-refractivity contribution < 1.29 is 13.5 Å². The quantitative estimate of drug-likeness (QED) is 0.524. The van der Waals surface area contributed by atoms with Crippen molar-refractivity contribution in [2.45, 2.75) is 26.9 Å². The van der Waals surface area contributed by atoms with E-state index in [1.54, 1.807) is 13.3 Å². The van der Waals surface area contributed by atoms with E-state index in [0.717, 1.165) is 33.4 Å². The maximum absolute atomic E-state index is 12.9. The van der Waals surface area contributed by atoms with Crippen molar-refractivity contribution in [2.24, 2.45) is 0 Å². The predicted octanol–water partition coefficient (Wildman–Crippen LogP) is 3.76. The molecule has 4 rings (SSSR count). The molecule has 4 aromatic heterocycles. The summed E-state index contributed by atoms with van der Waals surface area (Å²) in [5.74, 6) is 0.522. The summed E-state index contributed by atoms with van der Waals surface area (Å²) in [7, 11) is 1.57. The molecule has 0 atom stereocenters. The minimum Gasteiger partial charge on any atom is -0.481 e. The number of ether oxygens (including phenoxy) is 1. The van der Waals surface area contributed by atoms with Gasteiger partial charge in [0.25, 0.3) is 0 Å². The van der Waals surface area contributed by atoms with Crippen LogP contribution < -0.4 is 4.74 Å². The molecule has 9 heteroatoms. The van der Waals surface area contributed by atoms with Crippen molar-refractivity contribution >= 4 is 11.0 Å². The number of fused-ring (bicyclic) bond motifs is 1. The highest BCUT2D eigenvalue weighted by Gasteiger charge is 2.17. The molecular formula is C19H18F2N6O. The molecule has 0 unspecified atom stereocenters. The van der Waals surface area contributed by atoms with Gasteiger partial charge in [-0.15, -0.1) is 0 Å². The van der Waals surface area contributed by atoms with Crippen LogP contribution in [0.2, 0.25) is 0 Å². The Kier molecular flexibility index (Phi) is 4.50. The summed E-state index contributed by atoms with van der Waals surface area (Å²) in [5, 5.41) is 3.74. The van der Waals surface area contributed by atoms with Gasteiger partial charge in [-0.25, -0.2) is 14.6 Å². The van der Waals surface area contributed by atoms with Crippen molar-refractivity contribution in [2.75, 3.05) is 7.11 Å². The van der Waals surface area contributed by atoms with Crippen molar-refractivity contribution in [3.63, 3.8) is 0 Å². The van der Waals surface area contributed by atoms with Crippen LogP contribution >= 0.6 is 0 Å². The fourth-order valence-electron chi connectivity index (χ4n) is 3.19. The maximum atomic E-state index is 12.9. The lowest BCUT2D eigenvalue weighted by Gasteiger charge is -2.10. The normalized spacial score (nSPS) is 11.5. The Bertz CT molecular complexity index is 1150. The molecule has 0 spiro atoms. The van der Waals surface area contributed by atoms with E-state index >= 15 is 0 Å². The van der Waals surface area contributed by atoms with Crippen molar-refractivity contribution in [3.8, 4) is 17.0 Å². The van der Waals surface area contributed by atoms with Crippen LogP contribution in [0.25, 0.3) is 22.2 Å². The molecule has 0 bridgehead atoms. The number of methoxy groups -OCH3 is 1. The molecule has 0 saturated carbocycles. The van der Waals surface area contributed by atoms with Crippen LogP contribution in [0.3, 0.4) is 0 Å². The molecule has 0 fully saturated rings. The lowest BCUT2D eigenvalue weighted by molar-refractivity contribution is 0.0566. The molecule has 0 aliphatic carbocycles. The first-order valence-electron chi connectivity index (χ1n) is 8.60. The van der Waals surface area contributed by atoms with Crippen LogP contribution in [0.4, 0.5) is 8.78 Å². The smallest absolute Gasteiger partial charge is 0.333 e. The second kappa shape index (κ2) is 6.99. The van der Waals surface area contributed by atoms with Gasteiger partial charge in [0.2, 0.25) is 5.88 Å². The molecule has 0 saturated heterocycles. The zero-order chi connectivity index (χ0) is 19.8. The monoisotopic (exact) mass is 384 g/mol. The second-order valence-corrected chi connectivity index (χ2v) is 6.49. The zero-order valence-corrected chi connectivity index (χ0v) is 15.6. The van der Waals surface area contributed by atoms with Gasteiger partial charge in [-0.3, -0.25) is 4.98 Å². The van der Waals surface area contributed by atoms with Gasteiger partial charge in [-0.05, 0) is 25.5 Å². The highest BCUT2D eigenvalue weighted by Crippen LogP contribution is 2.31. The van der Waals surface area contributed by atoms with Gasteiger partial charge in [0.05, 0.1) is 36.6 Å². The van der Waals surface area contributed by atoms with Gasteiger partial charge >= 0.3 is 6.55 Å². The number of pyridine rings is 1. The van der Waals surface area contributed by atoms with Crippen molar-refractivity contribution in [1.29, 1.82) is 0 Å². The molecular weight excluding hydrogens is 366 g/mol. The molecule has 0 N–H and O–H groups in total. The molecule has 4 heterocycles. The number of alkyl halides is 2. The number of aromatic nitrogens is 6. The topological polar surface area (TPSA) is 70.7 Å². The van der Waals surface area contributed by atoms with Crippen LogP contribution in [0.15, 0.2) is 37.2 Å². The molecule has 0 aromatic carbocycles. The van der Waals surface area contributed by atoms with Gasteiger partial charge in [-0.1, -0.05) is 0 Å². The fourth-order valence-corrected chi connectivity index (χ4v) is 3.19. The van der Waals surface area contributed by atoms with E-state index in [9.17, 15) is 8.78 Å². The molecule has 7 nitrogen and oxygen atoms in total. The Labute approximate surface area is 159 Å². The van der Waals surface area contributed by atoms with Crippen LogP contribution in [0.1, 0.15) is 23.4 Å². The van der Waals surface area contributed by atoms with Gasteiger partial charge < -0.3 is 9.30 Å². The average molecular weight is 384 g/mol. The van der Waals surface area contributed by atoms with Crippen molar-refractivity contribution in [1.82, 2.24) is 29.3 Å². The van der Waals surface area contributed by atoms with E-state index < -0.39 is 6.55 Å². The molecule has 28 heavy (non-hydrogen) atoms. The number of nitrogens with zero attached hydrogens (tertiary/aromatic N) is 6. The summed E-state index contributed by atoms with van der Waals surface area (Å²) in [6, 6.07) is 2.01. The molecule has 4 aromatic rings. The third-order valence-corrected chi connectivity index (χ3v) is 4.62. The summed E-state index contributed by atoms with van der Waals surface area (Å²) in [4.78, 5) is 13.0. The molecule has 0 aliphatic rings. The lowest BCUT2D eigenvalue weighted by atomic mass is 10.1. The third-order valence-electron chi connectivity index (χ3n) is 4.62. The first-order chi connectivity index (χ1) is 13.5. The SMILES string of the molecule is COc1ncnc(Cn2cc(-c3cnn(C(F)F)c3)c3ncc(C)cc32)c1C. The van der Waals surface area contributed by atoms with Crippen LogP contribution in [0, 0.1) is 13.8 Å². The largest absolute Gasteiger partial charge is 0.481 e. The number of hydrogen-bond acceptors (Lipinski definition) is 5. The van der Waals surface area contributed by atoms with E-state index in [4.69, 9.17) is 4.74 Å². The van der Waals surface area contributed by atoms with Gasteiger partial charge in [0.15, 0.2) is 0 Å². The Morgan fingerprint density at radius 3 is 2.64 bits per heavy atom. The summed E-state index contributed by atoms with van der Waals surface area (Å²) < 4.78 is 33.8. The van der Waals surface area contributed by atoms with E-state index in [0.29, 0.717) is 22.7 Å². The highest BCUT2D eigenvalue weighted by atomic mass is 19.3. The molecule has 0 aliphatic heterocycles. The predicted molar refractivity (Wildman–Crippen MR) is 99.4 cm³/mol. The number of hydrogen-bond donors (Lipinski definition) is 0. The number of halogens is 2. The van der Waals surface area contributed by atoms with E-state index in [1.165, 1.54) is 18.7 Å². The van der Waals surface area contributed by atoms with Crippen LogP contribution in [0.5, 0.6) is 5.88 Å². The molecule has 0 radical (unpaired) electrons. The summed E-state index contributed by atoms with van der Waals surface area (Å²) in [6.45, 7) is 1.64. The summed E-state index contributed by atoms with van der Waals surface area (Å²) in [5.41, 5.74) is 5.58. The Morgan fingerprint density at radius 2 is 1.93 bits per heavy atom. The second-order valence-electron chi connectivity index (χ2n) is 6.49. The average Bonchev–Trinajstić information content (AvgIpc) is 3.29.